The average molecular weight is 438 g/mol. The van der Waals surface area contributed by atoms with Gasteiger partial charge in [-0.1, -0.05) is 17.3 Å². The summed E-state index contributed by atoms with van der Waals surface area (Å²) >= 11 is 0. The van der Waals surface area contributed by atoms with E-state index in [1.165, 1.54) is 0 Å². The van der Waals surface area contributed by atoms with E-state index in [2.05, 4.69) is 20.3 Å². The van der Waals surface area contributed by atoms with Crippen LogP contribution in [0.2, 0.25) is 0 Å². The van der Waals surface area contributed by atoms with E-state index in [4.69, 9.17) is 19.6 Å². The molecule has 0 aliphatic carbocycles. The van der Waals surface area contributed by atoms with Crippen LogP contribution in [0.3, 0.4) is 0 Å². The van der Waals surface area contributed by atoms with Crippen molar-refractivity contribution in [2.75, 3.05) is 12.3 Å². The Bertz CT molecular complexity index is 1410. The Labute approximate surface area is 179 Å². The number of carbonyl (C=O) groups excluding carboxylic acids is 2. The minimum Gasteiger partial charge on any atom is -0.462 e. The molecule has 0 saturated heterocycles. The summed E-state index contributed by atoms with van der Waals surface area (Å²) in [7, 11) is 0. The summed E-state index contributed by atoms with van der Waals surface area (Å²) in [5.41, 5.74) is 6.17. The molecule has 3 aromatic heterocycles. The number of benzene rings is 1. The first-order valence-corrected chi connectivity index (χ1v) is 9.59. The summed E-state index contributed by atoms with van der Waals surface area (Å²) in [5, 5.41) is 8.22. The zero-order valence-corrected chi connectivity index (χ0v) is 17.2. The van der Waals surface area contributed by atoms with Crippen molar-refractivity contribution in [1.29, 1.82) is 0 Å². The van der Waals surface area contributed by atoms with Crippen LogP contribution in [0.1, 0.15) is 28.9 Å². The fourth-order valence-corrected chi connectivity index (χ4v) is 3.14. The van der Waals surface area contributed by atoms with E-state index in [9.17, 15) is 14.4 Å². The van der Waals surface area contributed by atoms with Crippen LogP contribution in [0, 0.1) is 6.92 Å². The summed E-state index contributed by atoms with van der Waals surface area (Å²) in [5.74, 6) is -1.02. The summed E-state index contributed by atoms with van der Waals surface area (Å²) in [4.78, 5) is 45.1. The van der Waals surface area contributed by atoms with E-state index < -0.39 is 24.0 Å². The van der Waals surface area contributed by atoms with Crippen molar-refractivity contribution in [3.05, 3.63) is 51.8 Å². The maximum Gasteiger partial charge on any atom is 0.342 e. The van der Waals surface area contributed by atoms with Gasteiger partial charge in [0.25, 0.3) is 5.56 Å². The highest BCUT2D eigenvalue weighted by atomic mass is 16.5. The third kappa shape index (κ3) is 3.85. The number of aromatic nitrogens is 5. The van der Waals surface area contributed by atoms with Gasteiger partial charge in [-0.3, -0.25) is 9.59 Å². The molecular formula is C20H18N6O6. The number of nitrogens with zero attached hydrogens (tertiary/aromatic N) is 5. The number of hydrogen-bond acceptors (Lipinski definition) is 11. The van der Waals surface area contributed by atoms with E-state index >= 15 is 0 Å². The monoisotopic (exact) mass is 438 g/mol. The van der Waals surface area contributed by atoms with Crippen molar-refractivity contribution in [2.45, 2.75) is 27.0 Å². The summed E-state index contributed by atoms with van der Waals surface area (Å²) in [6, 6.07) is 6.66. The van der Waals surface area contributed by atoms with Crippen LogP contribution in [-0.2, 0) is 27.4 Å². The smallest absolute Gasteiger partial charge is 0.342 e. The van der Waals surface area contributed by atoms with Crippen molar-refractivity contribution in [3.63, 3.8) is 0 Å². The minimum atomic E-state index is -0.748. The Hall–Kier alpha value is -4.35. The molecule has 0 aliphatic heterocycles. The van der Waals surface area contributed by atoms with Gasteiger partial charge in [0, 0.05) is 0 Å². The molecule has 4 aromatic rings. The van der Waals surface area contributed by atoms with Crippen molar-refractivity contribution < 1.29 is 23.5 Å². The summed E-state index contributed by atoms with van der Waals surface area (Å²) in [6.07, 6.45) is 0. The zero-order valence-electron chi connectivity index (χ0n) is 17.2. The Kier molecular flexibility index (Phi) is 5.50. The Morgan fingerprint density at radius 3 is 2.75 bits per heavy atom. The molecule has 0 bridgehead atoms. The van der Waals surface area contributed by atoms with E-state index in [1.54, 1.807) is 38.1 Å². The highest BCUT2D eigenvalue weighted by Gasteiger charge is 2.24. The number of anilines is 1. The predicted molar refractivity (Wildman–Crippen MR) is 111 cm³/mol. The molecule has 0 fully saturated rings. The van der Waals surface area contributed by atoms with Gasteiger partial charge < -0.3 is 19.6 Å². The van der Waals surface area contributed by atoms with Crippen molar-refractivity contribution in [1.82, 2.24) is 25.0 Å². The fraction of sp³-hybridized carbons (Fsp3) is 0.250. The highest BCUT2D eigenvalue weighted by Crippen LogP contribution is 2.29. The quantitative estimate of drug-likeness (QED) is 0.429. The molecule has 0 aliphatic rings. The van der Waals surface area contributed by atoms with E-state index in [1.807, 2.05) is 0 Å². The molecule has 4 rings (SSSR count). The first kappa shape index (κ1) is 20.9. The van der Waals surface area contributed by atoms with Crippen LogP contribution in [-0.4, -0.2) is 43.5 Å². The molecule has 0 spiro atoms. The molecule has 3 heterocycles. The average Bonchev–Trinajstić information content (AvgIpc) is 3.11. The lowest BCUT2D eigenvalue weighted by Gasteiger charge is -2.07. The van der Waals surface area contributed by atoms with Gasteiger partial charge in [-0.2, -0.15) is 9.67 Å². The standard InChI is InChI=1S/C20H18N6O6/c1-3-30-20(29)15-10(2)32-18-16(15)17(21)22-13(23-18)9-31-14(27)8-26-19(28)11-6-4-5-7-12(11)24-25-26/h4-7H,3,8-9H2,1-2H3,(H2,21,22,23). The number of hydrogen-bond donors (Lipinski definition) is 1. The second kappa shape index (κ2) is 8.41. The molecule has 0 saturated carbocycles. The largest absolute Gasteiger partial charge is 0.462 e. The van der Waals surface area contributed by atoms with Gasteiger partial charge >= 0.3 is 11.9 Å². The van der Waals surface area contributed by atoms with Gasteiger partial charge in [0.2, 0.25) is 5.71 Å². The van der Waals surface area contributed by atoms with E-state index in [0.29, 0.717) is 10.9 Å². The lowest BCUT2D eigenvalue weighted by molar-refractivity contribution is -0.146. The highest BCUT2D eigenvalue weighted by molar-refractivity contribution is 6.07. The second-order valence-electron chi connectivity index (χ2n) is 6.69. The first-order valence-electron chi connectivity index (χ1n) is 9.59. The molecule has 0 unspecified atom stereocenters. The van der Waals surface area contributed by atoms with Crippen LogP contribution in [0.4, 0.5) is 5.82 Å². The molecule has 164 valence electrons. The maximum absolute atomic E-state index is 12.4. The zero-order chi connectivity index (χ0) is 22.8. The molecule has 12 nitrogen and oxygen atoms in total. The number of aryl methyl sites for hydroxylation is 1. The number of esters is 2. The number of nitrogens with two attached hydrogens (primary N) is 1. The van der Waals surface area contributed by atoms with Gasteiger partial charge in [0.05, 0.1) is 17.4 Å². The van der Waals surface area contributed by atoms with E-state index in [0.717, 1.165) is 4.68 Å². The molecule has 12 heteroatoms. The normalized spacial score (nSPS) is 11.1. The molecule has 2 N–H and O–H groups in total. The molecule has 0 radical (unpaired) electrons. The Balaban J connectivity index is 1.51. The van der Waals surface area contributed by atoms with Gasteiger partial charge in [0.15, 0.2) is 12.4 Å². The number of fused-ring (bicyclic) bond motifs is 2. The molecular weight excluding hydrogens is 420 g/mol. The topological polar surface area (TPSA) is 165 Å². The van der Waals surface area contributed by atoms with Crippen LogP contribution in [0.5, 0.6) is 0 Å². The minimum absolute atomic E-state index is 0.0161. The number of nitrogen functional groups attached to an aromatic ring is 1. The predicted octanol–water partition coefficient (Wildman–Crippen LogP) is 1.14. The van der Waals surface area contributed by atoms with Gasteiger partial charge in [-0.05, 0) is 26.0 Å². The molecule has 1 aromatic carbocycles. The first-order chi connectivity index (χ1) is 15.4. The third-order valence-electron chi connectivity index (χ3n) is 4.55. The van der Waals surface area contributed by atoms with Crippen molar-refractivity contribution in [3.8, 4) is 0 Å². The van der Waals surface area contributed by atoms with Crippen LogP contribution < -0.4 is 11.3 Å². The van der Waals surface area contributed by atoms with Crippen molar-refractivity contribution in [2.24, 2.45) is 0 Å². The summed E-state index contributed by atoms with van der Waals surface area (Å²) < 4.78 is 16.6. The second-order valence-corrected chi connectivity index (χ2v) is 6.69. The fourth-order valence-electron chi connectivity index (χ4n) is 3.14. The van der Waals surface area contributed by atoms with Crippen molar-refractivity contribution >= 4 is 39.8 Å². The van der Waals surface area contributed by atoms with Gasteiger partial charge in [-0.15, -0.1) is 5.10 Å². The third-order valence-corrected chi connectivity index (χ3v) is 4.55. The lowest BCUT2D eigenvalue weighted by atomic mass is 10.2. The number of rotatable bonds is 6. The lowest BCUT2D eigenvalue weighted by Crippen LogP contribution is -2.28. The van der Waals surface area contributed by atoms with Crippen LogP contribution in [0.25, 0.3) is 22.0 Å². The maximum atomic E-state index is 12.4. The van der Waals surface area contributed by atoms with Crippen LogP contribution in [0.15, 0.2) is 33.5 Å². The molecule has 32 heavy (non-hydrogen) atoms. The number of ether oxygens (including phenoxy) is 2. The van der Waals surface area contributed by atoms with E-state index in [-0.39, 0.29) is 47.3 Å². The number of furan rings is 1. The molecule has 0 amide bonds. The van der Waals surface area contributed by atoms with Gasteiger partial charge in [-0.25, -0.2) is 9.78 Å². The number of carbonyl (C=O) groups is 2. The Morgan fingerprint density at radius 2 is 1.97 bits per heavy atom. The van der Waals surface area contributed by atoms with Gasteiger partial charge in [0.1, 0.15) is 29.2 Å². The summed E-state index contributed by atoms with van der Waals surface area (Å²) in [6.45, 7) is 2.67. The molecule has 0 atom stereocenters. The SMILES string of the molecule is CCOC(=O)c1c(C)oc2nc(COC(=O)Cn3nnc4ccccc4c3=O)nc(N)c12. The van der Waals surface area contributed by atoms with Crippen LogP contribution >= 0.6 is 0 Å². The Morgan fingerprint density at radius 1 is 1.19 bits per heavy atom.